The minimum Gasteiger partial charge on any atom is -0.478 e. The number of benzene rings is 2. The fourth-order valence-electron chi connectivity index (χ4n) is 2.05. The Hall–Kier alpha value is -2.33. The predicted molar refractivity (Wildman–Crippen MR) is 76.2 cm³/mol. The van der Waals surface area contributed by atoms with Gasteiger partial charge in [0.1, 0.15) is 11.1 Å². The molecule has 0 amide bonds. The molecule has 1 N–H and O–H groups in total. The molecule has 0 aliphatic carbocycles. The lowest BCUT2D eigenvalue weighted by Crippen LogP contribution is -1.95. The van der Waals surface area contributed by atoms with Crippen LogP contribution in [0.4, 0.5) is 0 Å². The van der Waals surface area contributed by atoms with E-state index in [1.807, 2.05) is 19.1 Å². The first-order valence-electron chi connectivity index (χ1n) is 5.96. The maximum Gasteiger partial charge on any atom is 0.339 e. The summed E-state index contributed by atoms with van der Waals surface area (Å²) in [6, 6.07) is 10.4. The summed E-state index contributed by atoms with van der Waals surface area (Å²) >= 11 is 6.24. The molecule has 1 heterocycles. The summed E-state index contributed by atoms with van der Waals surface area (Å²) in [7, 11) is 0. The number of nitrogens with zero attached hydrogens (tertiary/aromatic N) is 1. The molecular formula is C15H10ClNO3. The monoisotopic (exact) mass is 287 g/mol. The summed E-state index contributed by atoms with van der Waals surface area (Å²) < 4.78 is 5.61. The zero-order valence-electron chi connectivity index (χ0n) is 10.6. The van der Waals surface area contributed by atoms with E-state index in [4.69, 9.17) is 21.1 Å². The Morgan fingerprint density at radius 2 is 2.00 bits per heavy atom. The molecule has 3 rings (SSSR count). The fraction of sp³-hybridized carbons (Fsp3) is 0.0667. The Morgan fingerprint density at radius 3 is 2.75 bits per heavy atom. The van der Waals surface area contributed by atoms with Crippen molar-refractivity contribution in [3.8, 4) is 11.5 Å². The van der Waals surface area contributed by atoms with Gasteiger partial charge in [0.05, 0.1) is 10.6 Å². The van der Waals surface area contributed by atoms with Crippen LogP contribution in [0.2, 0.25) is 5.02 Å². The van der Waals surface area contributed by atoms with Crippen LogP contribution in [0.1, 0.15) is 15.9 Å². The van der Waals surface area contributed by atoms with E-state index in [9.17, 15) is 4.79 Å². The number of hydrogen-bond donors (Lipinski definition) is 1. The van der Waals surface area contributed by atoms with Gasteiger partial charge in [0.25, 0.3) is 0 Å². The van der Waals surface area contributed by atoms with E-state index in [2.05, 4.69) is 4.98 Å². The van der Waals surface area contributed by atoms with E-state index < -0.39 is 5.97 Å². The average Bonchev–Trinajstić information content (AvgIpc) is 2.84. The van der Waals surface area contributed by atoms with Crippen molar-refractivity contribution in [1.29, 1.82) is 0 Å². The first kappa shape index (κ1) is 12.7. The molecule has 3 aromatic rings. The lowest BCUT2D eigenvalue weighted by molar-refractivity contribution is 0.0698. The first-order valence-corrected chi connectivity index (χ1v) is 6.34. The Balaban J connectivity index is 2.26. The number of carboxylic acids is 1. The van der Waals surface area contributed by atoms with Crippen molar-refractivity contribution in [3.05, 3.63) is 52.5 Å². The van der Waals surface area contributed by atoms with Crippen molar-refractivity contribution in [3.63, 3.8) is 0 Å². The molecule has 0 radical (unpaired) electrons. The molecule has 0 aliphatic rings. The molecule has 5 heteroatoms. The molecule has 0 saturated heterocycles. The maximum absolute atomic E-state index is 11.2. The molecule has 0 unspecified atom stereocenters. The van der Waals surface area contributed by atoms with Crippen molar-refractivity contribution in [2.75, 3.05) is 0 Å². The van der Waals surface area contributed by atoms with Crippen LogP contribution in [0.15, 0.2) is 40.8 Å². The number of rotatable bonds is 2. The van der Waals surface area contributed by atoms with E-state index in [-0.39, 0.29) is 11.1 Å². The number of hydrogen-bond acceptors (Lipinski definition) is 3. The van der Waals surface area contributed by atoms with E-state index in [1.54, 1.807) is 18.2 Å². The van der Waals surface area contributed by atoms with Gasteiger partial charge in [-0.1, -0.05) is 29.8 Å². The quantitative estimate of drug-likeness (QED) is 0.769. The van der Waals surface area contributed by atoms with Gasteiger partial charge in [0.15, 0.2) is 5.58 Å². The molecule has 20 heavy (non-hydrogen) atoms. The second-order valence-corrected chi connectivity index (χ2v) is 4.79. The van der Waals surface area contributed by atoms with Crippen LogP contribution >= 0.6 is 11.6 Å². The van der Waals surface area contributed by atoms with Gasteiger partial charge in [0, 0.05) is 0 Å². The second kappa shape index (κ2) is 4.65. The fourth-order valence-corrected chi connectivity index (χ4v) is 2.25. The van der Waals surface area contributed by atoms with Crippen LogP contribution in [0.5, 0.6) is 0 Å². The Kier molecular flexibility index (Phi) is 2.95. The van der Waals surface area contributed by atoms with Crippen molar-refractivity contribution in [2.24, 2.45) is 0 Å². The summed E-state index contributed by atoms with van der Waals surface area (Å²) in [5.41, 5.74) is 2.40. The van der Waals surface area contributed by atoms with E-state index in [0.29, 0.717) is 22.0 Å². The number of para-hydroxylation sites is 1. The van der Waals surface area contributed by atoms with Crippen molar-refractivity contribution >= 4 is 28.7 Å². The Morgan fingerprint density at radius 1 is 1.25 bits per heavy atom. The summed E-state index contributed by atoms with van der Waals surface area (Å²) in [5, 5.41) is 9.70. The zero-order valence-corrected chi connectivity index (χ0v) is 11.3. The number of aromatic carboxylic acids is 1. The van der Waals surface area contributed by atoms with Crippen LogP contribution < -0.4 is 0 Å². The number of fused-ring (bicyclic) bond motifs is 1. The SMILES string of the molecule is Cc1cccc(-c2nc3cccc(C(=O)O)c3o2)c1Cl. The summed E-state index contributed by atoms with van der Waals surface area (Å²) in [6.45, 7) is 1.89. The minimum absolute atomic E-state index is 0.0880. The van der Waals surface area contributed by atoms with E-state index in [0.717, 1.165) is 5.56 Å². The predicted octanol–water partition coefficient (Wildman–Crippen LogP) is 4.15. The smallest absolute Gasteiger partial charge is 0.339 e. The molecule has 0 spiro atoms. The number of halogens is 1. The topological polar surface area (TPSA) is 63.3 Å². The highest BCUT2D eigenvalue weighted by molar-refractivity contribution is 6.33. The molecule has 0 saturated carbocycles. The van der Waals surface area contributed by atoms with Crippen molar-refractivity contribution in [2.45, 2.75) is 6.92 Å². The van der Waals surface area contributed by atoms with Crippen molar-refractivity contribution < 1.29 is 14.3 Å². The molecular weight excluding hydrogens is 278 g/mol. The third kappa shape index (κ3) is 1.94. The zero-order chi connectivity index (χ0) is 14.3. The molecule has 1 aromatic heterocycles. The number of aryl methyl sites for hydroxylation is 1. The Bertz CT molecular complexity index is 823. The summed E-state index contributed by atoms with van der Waals surface area (Å²) in [4.78, 5) is 15.5. The van der Waals surface area contributed by atoms with Gasteiger partial charge in [-0.05, 0) is 30.7 Å². The standard InChI is InChI=1S/C15H10ClNO3/c1-8-4-2-5-9(12(8)16)14-17-11-7-3-6-10(15(18)19)13(11)20-14/h2-7H,1H3,(H,18,19). The molecule has 4 nitrogen and oxygen atoms in total. The normalized spacial score (nSPS) is 10.9. The van der Waals surface area contributed by atoms with Crippen LogP contribution in [0.3, 0.4) is 0 Å². The first-order chi connectivity index (χ1) is 9.58. The van der Waals surface area contributed by atoms with E-state index >= 15 is 0 Å². The highest BCUT2D eigenvalue weighted by Crippen LogP contribution is 2.32. The second-order valence-electron chi connectivity index (χ2n) is 4.41. The van der Waals surface area contributed by atoms with Crippen molar-refractivity contribution in [1.82, 2.24) is 4.98 Å². The highest BCUT2D eigenvalue weighted by atomic mass is 35.5. The van der Waals surface area contributed by atoms with Crippen LogP contribution in [-0.4, -0.2) is 16.1 Å². The van der Waals surface area contributed by atoms with Gasteiger partial charge < -0.3 is 9.52 Å². The van der Waals surface area contributed by atoms with Crippen LogP contribution in [-0.2, 0) is 0 Å². The van der Waals surface area contributed by atoms with Gasteiger partial charge in [-0.3, -0.25) is 0 Å². The Labute approximate surface area is 119 Å². The van der Waals surface area contributed by atoms with Gasteiger partial charge in [-0.2, -0.15) is 0 Å². The highest BCUT2D eigenvalue weighted by Gasteiger charge is 2.17. The summed E-state index contributed by atoms with van der Waals surface area (Å²) in [6.07, 6.45) is 0. The third-order valence-corrected chi connectivity index (χ3v) is 3.57. The maximum atomic E-state index is 11.2. The lowest BCUT2D eigenvalue weighted by Gasteiger charge is -2.01. The van der Waals surface area contributed by atoms with Gasteiger partial charge in [-0.15, -0.1) is 0 Å². The van der Waals surface area contributed by atoms with Gasteiger partial charge in [-0.25, -0.2) is 9.78 Å². The molecule has 0 aliphatic heterocycles. The molecule has 0 atom stereocenters. The summed E-state index contributed by atoms with van der Waals surface area (Å²) in [5.74, 6) is -0.726. The van der Waals surface area contributed by atoms with E-state index in [1.165, 1.54) is 6.07 Å². The van der Waals surface area contributed by atoms with Gasteiger partial charge >= 0.3 is 5.97 Å². The largest absolute Gasteiger partial charge is 0.478 e. The molecule has 0 fully saturated rings. The average molecular weight is 288 g/mol. The number of oxazole rings is 1. The minimum atomic E-state index is -1.05. The lowest BCUT2D eigenvalue weighted by atomic mass is 10.1. The number of aromatic nitrogens is 1. The molecule has 100 valence electrons. The molecule has 0 bridgehead atoms. The number of carbonyl (C=O) groups is 1. The van der Waals surface area contributed by atoms with Crippen LogP contribution in [0.25, 0.3) is 22.6 Å². The third-order valence-electron chi connectivity index (χ3n) is 3.07. The van der Waals surface area contributed by atoms with Gasteiger partial charge in [0.2, 0.25) is 5.89 Å². The molecule has 2 aromatic carbocycles. The number of carboxylic acid groups (broad SMARTS) is 1. The van der Waals surface area contributed by atoms with Crippen LogP contribution in [0, 0.1) is 6.92 Å².